The van der Waals surface area contributed by atoms with Gasteiger partial charge in [-0.15, -0.1) is 11.3 Å². The second-order valence-electron chi connectivity index (χ2n) is 11.7. The molecule has 10 rings (SSSR count). The van der Waals surface area contributed by atoms with Gasteiger partial charge in [-0.1, -0.05) is 115 Å². The quantitative estimate of drug-likeness (QED) is 0.188. The van der Waals surface area contributed by atoms with E-state index in [1.54, 1.807) is 0 Å². The number of hydrogen-bond acceptors (Lipinski definition) is 4. The first-order valence-corrected chi connectivity index (χ1v) is 16.2. The molecule has 0 atom stereocenters. The molecule has 0 spiro atoms. The van der Waals surface area contributed by atoms with E-state index in [2.05, 4.69) is 132 Å². The molecule has 5 heteroatoms. The third-order valence-corrected chi connectivity index (χ3v) is 10.2. The fourth-order valence-corrected chi connectivity index (χ4v) is 8.11. The van der Waals surface area contributed by atoms with E-state index in [0.29, 0.717) is 17.6 Å². The molecule has 3 aromatic heterocycles. The first-order chi connectivity index (χ1) is 22.8. The second-order valence-corrected chi connectivity index (χ2v) is 12.7. The standard InChI is InChI=1S/C41H24N4S/c1-2-12-26(13-3-1)39-42-40(44-41(43-39)45-34-18-8-6-15-29(34)30-16-7-9-19-35(30)45)31-17-10-20-36-38(31)33-24-32-27(23-37(33)46-36)22-21-25-11-4-5-14-28(25)32/h1-24H. The van der Waals surface area contributed by atoms with Gasteiger partial charge in [0.1, 0.15) is 0 Å². The van der Waals surface area contributed by atoms with E-state index < -0.39 is 0 Å². The average molecular weight is 605 g/mol. The van der Waals surface area contributed by atoms with Crippen molar-refractivity contribution in [2.75, 3.05) is 0 Å². The first kappa shape index (κ1) is 25.4. The lowest BCUT2D eigenvalue weighted by atomic mass is 9.98. The monoisotopic (exact) mass is 604 g/mol. The number of hydrogen-bond donors (Lipinski definition) is 0. The van der Waals surface area contributed by atoms with Crippen LogP contribution in [0.4, 0.5) is 0 Å². The third kappa shape index (κ3) is 3.76. The largest absolute Gasteiger partial charge is 0.278 e. The molecule has 0 aliphatic heterocycles. The zero-order valence-corrected chi connectivity index (χ0v) is 25.4. The summed E-state index contributed by atoms with van der Waals surface area (Å²) in [5.41, 5.74) is 4.09. The smallest absolute Gasteiger partial charge is 0.238 e. The summed E-state index contributed by atoms with van der Waals surface area (Å²) in [6.07, 6.45) is 0. The van der Waals surface area contributed by atoms with Crippen molar-refractivity contribution in [3.05, 3.63) is 146 Å². The molecule has 10 aromatic rings. The van der Waals surface area contributed by atoms with Crippen molar-refractivity contribution in [1.82, 2.24) is 19.5 Å². The minimum absolute atomic E-state index is 0.606. The highest BCUT2D eigenvalue weighted by Crippen LogP contribution is 2.42. The normalized spacial score (nSPS) is 11.9. The molecule has 0 N–H and O–H groups in total. The van der Waals surface area contributed by atoms with Crippen molar-refractivity contribution in [2.45, 2.75) is 0 Å². The average Bonchev–Trinajstić information content (AvgIpc) is 3.66. The number of fused-ring (bicyclic) bond motifs is 9. The van der Waals surface area contributed by atoms with Gasteiger partial charge in [0.25, 0.3) is 0 Å². The summed E-state index contributed by atoms with van der Waals surface area (Å²) in [6, 6.07) is 51.4. The van der Waals surface area contributed by atoms with Crippen molar-refractivity contribution >= 4 is 74.9 Å². The van der Waals surface area contributed by atoms with Crippen LogP contribution in [-0.4, -0.2) is 19.5 Å². The molecule has 214 valence electrons. The summed E-state index contributed by atoms with van der Waals surface area (Å²) in [5.74, 6) is 1.92. The second kappa shape index (κ2) is 9.80. The van der Waals surface area contributed by atoms with Crippen LogP contribution in [0.5, 0.6) is 0 Å². The summed E-state index contributed by atoms with van der Waals surface area (Å²) in [6.45, 7) is 0. The maximum atomic E-state index is 5.27. The zero-order valence-electron chi connectivity index (χ0n) is 24.6. The Labute approximate surface area is 267 Å². The maximum absolute atomic E-state index is 5.27. The lowest BCUT2D eigenvalue weighted by Gasteiger charge is -2.11. The Balaban J connectivity index is 1.30. The molecule has 0 aliphatic carbocycles. The van der Waals surface area contributed by atoms with E-state index in [1.807, 2.05) is 29.5 Å². The van der Waals surface area contributed by atoms with Gasteiger partial charge in [0, 0.05) is 42.1 Å². The molecule has 0 radical (unpaired) electrons. The Morgan fingerprint density at radius 3 is 1.91 bits per heavy atom. The van der Waals surface area contributed by atoms with Gasteiger partial charge in [-0.2, -0.15) is 9.97 Å². The highest BCUT2D eigenvalue weighted by Gasteiger charge is 2.20. The van der Waals surface area contributed by atoms with Crippen LogP contribution in [0.3, 0.4) is 0 Å². The van der Waals surface area contributed by atoms with Crippen LogP contribution in [0.1, 0.15) is 0 Å². The minimum Gasteiger partial charge on any atom is -0.278 e. The molecule has 0 bridgehead atoms. The van der Waals surface area contributed by atoms with E-state index in [-0.39, 0.29) is 0 Å². The van der Waals surface area contributed by atoms with Crippen LogP contribution in [-0.2, 0) is 0 Å². The van der Waals surface area contributed by atoms with E-state index in [9.17, 15) is 0 Å². The van der Waals surface area contributed by atoms with Crippen molar-refractivity contribution in [1.29, 1.82) is 0 Å². The predicted octanol–water partition coefficient (Wildman–Crippen LogP) is 11.0. The third-order valence-electron chi connectivity index (χ3n) is 9.04. The number of para-hydroxylation sites is 2. The molecular weight excluding hydrogens is 581 g/mol. The van der Waals surface area contributed by atoms with Crippen molar-refractivity contribution in [3.8, 4) is 28.7 Å². The fourth-order valence-electron chi connectivity index (χ4n) is 6.95. The summed E-state index contributed by atoms with van der Waals surface area (Å²) in [4.78, 5) is 15.5. The van der Waals surface area contributed by atoms with E-state index >= 15 is 0 Å². The van der Waals surface area contributed by atoms with Gasteiger partial charge in [0.05, 0.1) is 11.0 Å². The fraction of sp³-hybridized carbons (Fsp3) is 0. The molecule has 46 heavy (non-hydrogen) atoms. The van der Waals surface area contributed by atoms with Crippen LogP contribution < -0.4 is 0 Å². The summed E-state index contributed by atoms with van der Waals surface area (Å²) >= 11 is 1.82. The molecule has 0 amide bonds. The Hall–Kier alpha value is -5.91. The summed E-state index contributed by atoms with van der Waals surface area (Å²) in [5, 5.41) is 9.76. The molecule has 0 saturated carbocycles. The minimum atomic E-state index is 0.606. The lowest BCUT2D eigenvalue weighted by molar-refractivity contribution is 0.954. The first-order valence-electron chi connectivity index (χ1n) is 15.4. The van der Waals surface area contributed by atoms with Crippen LogP contribution in [0.2, 0.25) is 0 Å². The van der Waals surface area contributed by atoms with Gasteiger partial charge in [0.15, 0.2) is 11.6 Å². The van der Waals surface area contributed by atoms with E-state index in [0.717, 1.165) is 22.2 Å². The maximum Gasteiger partial charge on any atom is 0.238 e. The van der Waals surface area contributed by atoms with Crippen LogP contribution in [0.25, 0.3) is 92.2 Å². The molecule has 4 nitrogen and oxygen atoms in total. The van der Waals surface area contributed by atoms with Crippen LogP contribution >= 0.6 is 11.3 Å². The predicted molar refractivity (Wildman–Crippen MR) is 193 cm³/mol. The Morgan fingerprint density at radius 2 is 1.11 bits per heavy atom. The SMILES string of the molecule is c1ccc(-c2nc(-c3cccc4sc5cc6ccc7ccccc7c6cc5c34)nc(-n3c4ccccc4c4ccccc43)n2)cc1. The van der Waals surface area contributed by atoms with E-state index in [4.69, 9.17) is 15.0 Å². The number of benzene rings is 7. The van der Waals surface area contributed by atoms with E-state index in [1.165, 1.54) is 52.5 Å². The number of nitrogens with zero attached hydrogens (tertiary/aromatic N) is 4. The van der Waals surface area contributed by atoms with Crippen molar-refractivity contribution in [2.24, 2.45) is 0 Å². The Bertz CT molecular complexity index is 2760. The topological polar surface area (TPSA) is 43.6 Å². The van der Waals surface area contributed by atoms with Gasteiger partial charge in [0.2, 0.25) is 5.95 Å². The van der Waals surface area contributed by atoms with Crippen molar-refractivity contribution < 1.29 is 0 Å². The van der Waals surface area contributed by atoms with Gasteiger partial charge in [-0.05, 0) is 51.9 Å². The van der Waals surface area contributed by atoms with Gasteiger partial charge in [-0.25, -0.2) is 4.98 Å². The van der Waals surface area contributed by atoms with Gasteiger partial charge in [-0.3, -0.25) is 4.57 Å². The molecular formula is C41H24N4S. The molecule has 7 aromatic carbocycles. The van der Waals surface area contributed by atoms with Crippen LogP contribution in [0.15, 0.2) is 146 Å². The van der Waals surface area contributed by atoms with Crippen molar-refractivity contribution in [3.63, 3.8) is 0 Å². The number of rotatable bonds is 3. The highest BCUT2D eigenvalue weighted by molar-refractivity contribution is 7.26. The molecule has 3 heterocycles. The summed E-state index contributed by atoms with van der Waals surface area (Å²) in [7, 11) is 0. The van der Waals surface area contributed by atoms with Gasteiger partial charge < -0.3 is 0 Å². The molecule has 0 saturated heterocycles. The molecule has 0 unspecified atom stereocenters. The highest BCUT2D eigenvalue weighted by atomic mass is 32.1. The summed E-state index contributed by atoms with van der Waals surface area (Å²) < 4.78 is 4.64. The number of aromatic nitrogens is 4. The van der Waals surface area contributed by atoms with Gasteiger partial charge >= 0.3 is 0 Å². The Morgan fingerprint density at radius 1 is 0.435 bits per heavy atom. The molecule has 0 fully saturated rings. The zero-order chi connectivity index (χ0) is 30.2. The lowest BCUT2D eigenvalue weighted by Crippen LogP contribution is -2.06. The van der Waals surface area contributed by atoms with Crippen LogP contribution in [0, 0.1) is 0 Å². The number of thiophene rings is 1. The molecule has 0 aliphatic rings. The Kier molecular flexibility index (Phi) is 5.41.